The fourth-order valence-corrected chi connectivity index (χ4v) is 2.40. The first-order valence-electron chi connectivity index (χ1n) is 6.16. The molecular formula is C15H11NO5S. The zero-order valence-corrected chi connectivity index (χ0v) is 12.0. The van der Waals surface area contributed by atoms with E-state index in [1.807, 2.05) is 0 Å². The van der Waals surface area contributed by atoms with E-state index in [4.69, 9.17) is 0 Å². The third-order valence-corrected chi connectivity index (χ3v) is 3.58. The summed E-state index contributed by atoms with van der Waals surface area (Å²) < 4.78 is 20.4. The summed E-state index contributed by atoms with van der Waals surface area (Å²) in [4.78, 5) is 22.6. The summed E-state index contributed by atoms with van der Waals surface area (Å²) in [5, 5.41) is 11.2. The van der Waals surface area contributed by atoms with Gasteiger partial charge in [0.2, 0.25) is 0 Å². The molecule has 0 aliphatic rings. The van der Waals surface area contributed by atoms with Gasteiger partial charge in [0, 0.05) is 11.6 Å². The van der Waals surface area contributed by atoms with Gasteiger partial charge in [0.05, 0.1) is 9.82 Å². The Bertz CT molecular complexity index is 771. The fourth-order valence-electron chi connectivity index (χ4n) is 1.85. The van der Waals surface area contributed by atoms with E-state index in [9.17, 15) is 23.7 Å². The van der Waals surface area contributed by atoms with E-state index in [2.05, 4.69) is 0 Å². The number of hydrogen-bond donors (Lipinski definition) is 1. The van der Waals surface area contributed by atoms with Gasteiger partial charge in [-0.05, 0) is 17.7 Å². The summed E-state index contributed by atoms with van der Waals surface area (Å²) in [5.74, 6) is -0.910. The summed E-state index contributed by atoms with van der Waals surface area (Å²) in [6.07, 6.45) is 1.14. The van der Waals surface area contributed by atoms with Gasteiger partial charge >= 0.3 is 5.70 Å². The van der Waals surface area contributed by atoms with Crippen molar-refractivity contribution < 1.29 is 18.5 Å². The quantitative estimate of drug-likeness (QED) is 0.301. The van der Waals surface area contributed by atoms with Crippen LogP contribution in [0.15, 0.2) is 65.2 Å². The lowest BCUT2D eigenvalue weighted by Crippen LogP contribution is -2.14. The summed E-state index contributed by atoms with van der Waals surface area (Å²) in [7, 11) is 0. The van der Waals surface area contributed by atoms with Gasteiger partial charge in [0.1, 0.15) is 0 Å². The van der Waals surface area contributed by atoms with Crippen molar-refractivity contribution in [1.82, 2.24) is 0 Å². The minimum absolute atomic E-state index is 0.159. The number of benzene rings is 2. The molecule has 0 saturated carbocycles. The minimum Gasteiger partial charge on any atom is -0.302 e. The summed E-state index contributed by atoms with van der Waals surface area (Å²) >= 11 is -2.41. The standard InChI is InChI=1S/C15H11NO5S/c17-15(12-8-4-5-9-14(12)22(20)21)13(16(18)19)10-11-6-2-1-3-7-11/h1-10H,(H,20,21). The average molecular weight is 317 g/mol. The smallest absolute Gasteiger partial charge is 0.302 e. The predicted molar refractivity (Wildman–Crippen MR) is 81.2 cm³/mol. The van der Waals surface area contributed by atoms with Gasteiger partial charge in [-0.25, -0.2) is 4.21 Å². The number of ketones is 1. The van der Waals surface area contributed by atoms with Crippen molar-refractivity contribution in [2.24, 2.45) is 0 Å². The number of nitro groups is 1. The number of carbonyl (C=O) groups is 1. The maximum Gasteiger partial charge on any atom is 0.317 e. The molecule has 1 unspecified atom stereocenters. The molecule has 112 valence electrons. The molecule has 0 bridgehead atoms. The van der Waals surface area contributed by atoms with E-state index in [-0.39, 0.29) is 10.5 Å². The lowest BCUT2D eigenvalue weighted by atomic mass is 10.1. The second-order valence-corrected chi connectivity index (χ2v) is 5.21. The highest BCUT2D eigenvalue weighted by atomic mass is 32.2. The molecule has 6 nitrogen and oxygen atoms in total. The Morgan fingerprint density at radius 2 is 1.68 bits per heavy atom. The van der Waals surface area contributed by atoms with Gasteiger partial charge in [-0.3, -0.25) is 14.9 Å². The van der Waals surface area contributed by atoms with Gasteiger partial charge in [-0.1, -0.05) is 42.5 Å². The van der Waals surface area contributed by atoms with Crippen molar-refractivity contribution in [2.45, 2.75) is 4.90 Å². The van der Waals surface area contributed by atoms with Crippen LogP contribution in [0.2, 0.25) is 0 Å². The molecule has 0 radical (unpaired) electrons. The van der Waals surface area contributed by atoms with Crippen LogP contribution in [-0.2, 0) is 11.1 Å². The number of Topliss-reactive ketones (excluding diaryl/α,β-unsaturated/α-hetero) is 1. The van der Waals surface area contributed by atoms with Crippen molar-refractivity contribution >= 4 is 22.9 Å². The average Bonchev–Trinajstić information content (AvgIpc) is 2.52. The van der Waals surface area contributed by atoms with Crippen LogP contribution in [0.5, 0.6) is 0 Å². The fraction of sp³-hybridized carbons (Fsp3) is 0. The van der Waals surface area contributed by atoms with E-state index in [0.29, 0.717) is 5.56 Å². The number of allylic oxidation sites excluding steroid dienone is 1. The van der Waals surface area contributed by atoms with Crippen LogP contribution in [0.3, 0.4) is 0 Å². The first-order valence-corrected chi connectivity index (χ1v) is 7.27. The Morgan fingerprint density at radius 1 is 1.09 bits per heavy atom. The predicted octanol–water partition coefficient (Wildman–Crippen LogP) is 2.77. The van der Waals surface area contributed by atoms with Gasteiger partial charge < -0.3 is 4.55 Å². The monoisotopic (exact) mass is 317 g/mol. The minimum atomic E-state index is -2.41. The van der Waals surface area contributed by atoms with Gasteiger partial charge in [0.15, 0.2) is 11.1 Å². The molecule has 2 rings (SSSR count). The lowest BCUT2D eigenvalue weighted by molar-refractivity contribution is -0.415. The van der Waals surface area contributed by atoms with Crippen LogP contribution in [0.4, 0.5) is 0 Å². The van der Waals surface area contributed by atoms with Crippen molar-refractivity contribution in [1.29, 1.82) is 0 Å². The maximum absolute atomic E-state index is 12.4. The van der Waals surface area contributed by atoms with Crippen LogP contribution < -0.4 is 0 Å². The highest BCUT2D eigenvalue weighted by Gasteiger charge is 2.26. The first kappa shape index (κ1) is 15.7. The lowest BCUT2D eigenvalue weighted by Gasteiger charge is -2.04. The molecule has 0 fully saturated rings. The Labute approximate surface area is 128 Å². The highest BCUT2D eigenvalue weighted by Crippen LogP contribution is 2.19. The molecular weight excluding hydrogens is 306 g/mol. The first-order chi connectivity index (χ1) is 10.5. The number of rotatable bonds is 5. The molecule has 7 heteroatoms. The largest absolute Gasteiger partial charge is 0.317 e. The van der Waals surface area contributed by atoms with Crippen LogP contribution in [0, 0.1) is 10.1 Å². The summed E-state index contributed by atoms with van der Waals surface area (Å²) in [5.41, 5.74) is -0.337. The molecule has 0 aliphatic heterocycles. The van der Waals surface area contributed by atoms with Gasteiger partial charge in [0.25, 0.3) is 5.78 Å². The third-order valence-electron chi connectivity index (χ3n) is 2.85. The topological polar surface area (TPSA) is 97.5 Å². The molecule has 0 aromatic heterocycles. The van der Waals surface area contributed by atoms with Crippen molar-refractivity contribution in [2.75, 3.05) is 0 Å². The number of nitrogens with zero attached hydrogens (tertiary/aromatic N) is 1. The molecule has 0 spiro atoms. The normalized spacial score (nSPS) is 12.7. The van der Waals surface area contributed by atoms with E-state index in [1.165, 1.54) is 24.3 Å². The van der Waals surface area contributed by atoms with E-state index < -0.39 is 27.5 Å². The highest BCUT2D eigenvalue weighted by molar-refractivity contribution is 7.79. The number of hydrogen-bond acceptors (Lipinski definition) is 4. The molecule has 1 N–H and O–H groups in total. The van der Waals surface area contributed by atoms with Gasteiger partial charge in [-0.2, -0.15) is 0 Å². The zero-order chi connectivity index (χ0) is 16.1. The van der Waals surface area contributed by atoms with Crippen LogP contribution in [0.25, 0.3) is 6.08 Å². The third kappa shape index (κ3) is 3.51. The Balaban J connectivity index is 2.51. The molecule has 0 aliphatic carbocycles. The Hall–Kier alpha value is -2.64. The second kappa shape index (κ2) is 6.88. The van der Waals surface area contributed by atoms with Crippen molar-refractivity contribution in [3.05, 3.63) is 81.5 Å². The molecule has 0 heterocycles. The second-order valence-electron chi connectivity index (χ2n) is 4.27. The van der Waals surface area contributed by atoms with Crippen LogP contribution >= 0.6 is 0 Å². The van der Waals surface area contributed by atoms with E-state index in [0.717, 1.165) is 6.08 Å². The van der Waals surface area contributed by atoms with Crippen molar-refractivity contribution in [3.8, 4) is 0 Å². The van der Waals surface area contributed by atoms with Gasteiger partial charge in [-0.15, -0.1) is 0 Å². The molecule has 0 saturated heterocycles. The Kier molecular flexibility index (Phi) is 4.92. The molecule has 0 amide bonds. The number of carbonyl (C=O) groups excluding carboxylic acids is 1. The van der Waals surface area contributed by atoms with Crippen molar-refractivity contribution in [3.63, 3.8) is 0 Å². The maximum atomic E-state index is 12.4. The van der Waals surface area contributed by atoms with Crippen LogP contribution in [-0.4, -0.2) is 19.5 Å². The van der Waals surface area contributed by atoms with Crippen LogP contribution in [0.1, 0.15) is 15.9 Å². The molecule has 2 aromatic carbocycles. The molecule has 1 atom stereocenters. The molecule has 2 aromatic rings. The zero-order valence-electron chi connectivity index (χ0n) is 11.2. The SMILES string of the molecule is O=C(C(=Cc1ccccc1)[N+](=O)[O-])c1ccccc1S(=O)O. The summed E-state index contributed by atoms with van der Waals surface area (Å²) in [6, 6.07) is 13.9. The van der Waals surface area contributed by atoms with E-state index in [1.54, 1.807) is 30.3 Å². The Morgan fingerprint density at radius 3 is 2.27 bits per heavy atom. The molecule has 22 heavy (non-hydrogen) atoms. The summed E-state index contributed by atoms with van der Waals surface area (Å²) in [6.45, 7) is 0. The van der Waals surface area contributed by atoms with E-state index >= 15 is 0 Å².